The maximum absolute atomic E-state index is 13.2. The molecule has 0 aromatic heterocycles. The minimum atomic E-state index is -3.45. The summed E-state index contributed by atoms with van der Waals surface area (Å²) in [6.45, 7) is 2.40. The van der Waals surface area contributed by atoms with E-state index < -0.39 is 14.6 Å². The minimum absolute atomic E-state index is 0. The standard InChI is InChI=1S/C20H30N2O4S.ClH/c1-26-18-6-4-3-5-17(18)15-16-7-13-22(14-8-16)19(23)20(27(2,24)25)9-11-21-12-10-20;/h3-6,16,21H,7-15H2,1-2H3;1H. The molecule has 0 saturated carbocycles. The molecule has 2 aliphatic rings. The lowest BCUT2D eigenvalue weighted by Gasteiger charge is -2.41. The number of carbonyl (C=O) groups excluding carboxylic acids is 1. The van der Waals surface area contributed by atoms with Crippen LogP contribution in [0.5, 0.6) is 5.75 Å². The minimum Gasteiger partial charge on any atom is -0.496 e. The molecule has 2 heterocycles. The number of nitrogens with zero attached hydrogens (tertiary/aromatic N) is 1. The third-order valence-corrected chi connectivity index (χ3v) is 8.12. The van der Waals surface area contributed by atoms with Crippen molar-refractivity contribution in [2.45, 2.75) is 36.9 Å². The molecule has 0 atom stereocenters. The van der Waals surface area contributed by atoms with Gasteiger partial charge in [0.1, 0.15) is 5.75 Å². The Labute approximate surface area is 174 Å². The van der Waals surface area contributed by atoms with E-state index in [0.717, 1.165) is 25.0 Å². The van der Waals surface area contributed by atoms with Crippen molar-refractivity contribution in [2.24, 2.45) is 5.92 Å². The number of para-hydroxylation sites is 1. The number of benzene rings is 1. The first-order chi connectivity index (χ1) is 12.9. The average Bonchev–Trinajstić information content (AvgIpc) is 2.68. The number of rotatable bonds is 5. The van der Waals surface area contributed by atoms with Crippen LogP contribution in [-0.4, -0.2) is 63.5 Å². The van der Waals surface area contributed by atoms with Gasteiger partial charge in [-0.15, -0.1) is 12.4 Å². The van der Waals surface area contributed by atoms with E-state index in [9.17, 15) is 13.2 Å². The van der Waals surface area contributed by atoms with Gasteiger partial charge in [-0.05, 0) is 62.7 Å². The second-order valence-electron chi connectivity index (χ2n) is 7.77. The largest absolute Gasteiger partial charge is 0.496 e. The molecule has 2 aliphatic heterocycles. The molecule has 1 amide bonds. The normalized spacial score (nSPS) is 20.3. The molecule has 0 spiro atoms. The highest BCUT2D eigenvalue weighted by molar-refractivity contribution is 7.92. The number of likely N-dealkylation sites (tertiary alicyclic amines) is 1. The molecule has 0 unspecified atom stereocenters. The van der Waals surface area contributed by atoms with Crippen molar-refractivity contribution in [1.29, 1.82) is 0 Å². The summed E-state index contributed by atoms with van der Waals surface area (Å²) in [5.74, 6) is 1.19. The van der Waals surface area contributed by atoms with Crippen molar-refractivity contribution in [3.8, 4) is 5.75 Å². The van der Waals surface area contributed by atoms with Crippen LogP contribution in [-0.2, 0) is 21.1 Å². The molecule has 1 N–H and O–H groups in total. The Hall–Kier alpha value is -1.31. The van der Waals surface area contributed by atoms with E-state index in [0.29, 0.717) is 44.9 Å². The van der Waals surface area contributed by atoms with Crippen LogP contribution in [0.2, 0.25) is 0 Å². The quantitative estimate of drug-likeness (QED) is 0.773. The van der Waals surface area contributed by atoms with Crippen LogP contribution < -0.4 is 10.1 Å². The van der Waals surface area contributed by atoms with Gasteiger partial charge in [0.05, 0.1) is 7.11 Å². The topological polar surface area (TPSA) is 75.7 Å². The third kappa shape index (κ3) is 4.63. The fourth-order valence-corrected chi connectivity index (χ4v) is 5.78. The van der Waals surface area contributed by atoms with Crippen molar-refractivity contribution in [2.75, 3.05) is 39.5 Å². The van der Waals surface area contributed by atoms with E-state index in [1.54, 1.807) is 12.0 Å². The second kappa shape index (κ2) is 9.46. The lowest BCUT2D eigenvalue weighted by Crippen LogP contribution is -2.59. The number of carbonyl (C=O) groups is 1. The van der Waals surface area contributed by atoms with E-state index in [1.165, 1.54) is 11.8 Å². The zero-order valence-electron chi connectivity index (χ0n) is 16.6. The van der Waals surface area contributed by atoms with E-state index in [-0.39, 0.29) is 18.3 Å². The number of ether oxygens (including phenoxy) is 1. The number of amides is 1. The molecule has 3 rings (SSSR count). The monoisotopic (exact) mass is 430 g/mol. The van der Waals surface area contributed by atoms with Gasteiger partial charge in [-0.1, -0.05) is 18.2 Å². The van der Waals surface area contributed by atoms with Gasteiger partial charge in [-0.3, -0.25) is 4.79 Å². The van der Waals surface area contributed by atoms with Crippen molar-refractivity contribution in [1.82, 2.24) is 10.2 Å². The number of hydrogen-bond acceptors (Lipinski definition) is 5. The van der Waals surface area contributed by atoms with Gasteiger partial charge in [0.25, 0.3) is 0 Å². The van der Waals surface area contributed by atoms with Crippen LogP contribution in [0.15, 0.2) is 24.3 Å². The van der Waals surface area contributed by atoms with Gasteiger partial charge in [0.15, 0.2) is 14.6 Å². The van der Waals surface area contributed by atoms with Crippen LogP contribution in [0.4, 0.5) is 0 Å². The summed E-state index contributed by atoms with van der Waals surface area (Å²) < 4.78 is 29.2. The Balaban J connectivity index is 0.00000280. The molecular formula is C20H31ClN2O4S. The lowest BCUT2D eigenvalue weighted by atomic mass is 9.88. The first-order valence-electron chi connectivity index (χ1n) is 9.69. The highest BCUT2D eigenvalue weighted by atomic mass is 35.5. The highest BCUT2D eigenvalue weighted by Crippen LogP contribution is 2.33. The van der Waals surface area contributed by atoms with Gasteiger partial charge < -0.3 is 15.0 Å². The van der Waals surface area contributed by atoms with Crippen molar-refractivity contribution < 1.29 is 17.9 Å². The van der Waals surface area contributed by atoms with Crippen molar-refractivity contribution in [3.05, 3.63) is 29.8 Å². The average molecular weight is 431 g/mol. The molecule has 2 saturated heterocycles. The molecule has 0 aliphatic carbocycles. The van der Waals surface area contributed by atoms with Gasteiger partial charge in [-0.25, -0.2) is 8.42 Å². The first-order valence-corrected chi connectivity index (χ1v) is 11.6. The Morgan fingerprint density at radius 3 is 2.39 bits per heavy atom. The zero-order chi connectivity index (χ0) is 19.5. The van der Waals surface area contributed by atoms with Gasteiger partial charge >= 0.3 is 0 Å². The fourth-order valence-electron chi connectivity index (χ4n) is 4.38. The maximum Gasteiger partial charge on any atom is 0.244 e. The van der Waals surface area contributed by atoms with Crippen LogP contribution in [0.25, 0.3) is 0 Å². The van der Waals surface area contributed by atoms with Crippen LogP contribution >= 0.6 is 12.4 Å². The summed E-state index contributed by atoms with van der Waals surface area (Å²) >= 11 is 0. The Bertz CT molecular complexity index is 770. The lowest BCUT2D eigenvalue weighted by molar-refractivity contribution is -0.136. The molecule has 28 heavy (non-hydrogen) atoms. The van der Waals surface area contributed by atoms with E-state index >= 15 is 0 Å². The van der Waals surface area contributed by atoms with Gasteiger partial charge in [-0.2, -0.15) is 0 Å². The molecule has 0 bridgehead atoms. The Morgan fingerprint density at radius 1 is 1.21 bits per heavy atom. The summed E-state index contributed by atoms with van der Waals surface area (Å²) in [6, 6.07) is 8.04. The SMILES string of the molecule is COc1ccccc1CC1CCN(C(=O)C2(S(C)(=O)=O)CCNCC2)CC1.Cl. The summed E-state index contributed by atoms with van der Waals surface area (Å²) in [5.41, 5.74) is 1.19. The molecule has 1 aromatic carbocycles. The van der Waals surface area contributed by atoms with Gasteiger partial charge in [0.2, 0.25) is 5.91 Å². The first kappa shape index (κ1) is 23.0. The van der Waals surface area contributed by atoms with E-state index in [1.807, 2.05) is 18.2 Å². The van der Waals surface area contributed by atoms with Crippen LogP contribution in [0.3, 0.4) is 0 Å². The molecule has 2 fully saturated rings. The van der Waals surface area contributed by atoms with Crippen LogP contribution in [0.1, 0.15) is 31.2 Å². The molecule has 1 aromatic rings. The maximum atomic E-state index is 13.2. The summed E-state index contributed by atoms with van der Waals surface area (Å²) in [5, 5.41) is 3.17. The second-order valence-corrected chi connectivity index (χ2v) is 10.1. The number of nitrogens with one attached hydrogen (secondary N) is 1. The van der Waals surface area contributed by atoms with E-state index in [4.69, 9.17) is 4.74 Å². The van der Waals surface area contributed by atoms with Crippen molar-refractivity contribution in [3.63, 3.8) is 0 Å². The fraction of sp³-hybridized carbons (Fsp3) is 0.650. The number of methoxy groups -OCH3 is 1. The Kier molecular flexibility index (Phi) is 7.76. The number of halogens is 1. The highest BCUT2D eigenvalue weighted by Gasteiger charge is 2.50. The molecule has 0 radical (unpaired) electrons. The summed E-state index contributed by atoms with van der Waals surface area (Å²) in [4.78, 5) is 15.0. The summed E-state index contributed by atoms with van der Waals surface area (Å²) in [7, 11) is -1.77. The predicted octanol–water partition coefficient (Wildman–Crippen LogP) is 2.06. The van der Waals surface area contributed by atoms with Gasteiger partial charge in [0, 0.05) is 19.3 Å². The Morgan fingerprint density at radius 2 is 1.82 bits per heavy atom. The zero-order valence-corrected chi connectivity index (χ0v) is 18.3. The smallest absolute Gasteiger partial charge is 0.244 e. The van der Waals surface area contributed by atoms with Crippen molar-refractivity contribution >= 4 is 28.2 Å². The number of piperidine rings is 2. The number of hydrogen-bond donors (Lipinski definition) is 1. The molecular weight excluding hydrogens is 400 g/mol. The molecule has 6 nitrogen and oxygen atoms in total. The van der Waals surface area contributed by atoms with E-state index in [2.05, 4.69) is 11.4 Å². The molecule has 8 heteroatoms. The number of sulfone groups is 1. The predicted molar refractivity (Wildman–Crippen MR) is 113 cm³/mol. The molecule has 158 valence electrons. The third-order valence-electron chi connectivity index (χ3n) is 6.11. The van der Waals surface area contributed by atoms with Crippen LogP contribution in [0, 0.1) is 5.92 Å². The summed E-state index contributed by atoms with van der Waals surface area (Å²) in [6.07, 6.45) is 4.65.